The van der Waals surface area contributed by atoms with Gasteiger partial charge in [0.05, 0.1) is 0 Å². The van der Waals surface area contributed by atoms with Crippen LogP contribution in [-0.4, -0.2) is 0 Å². The molecule has 1 heterocycles. The van der Waals surface area contributed by atoms with E-state index >= 15 is 0 Å². The fourth-order valence-electron chi connectivity index (χ4n) is 0.0981. The molecule has 3 unspecified atom stereocenters. The highest BCUT2D eigenvalue weighted by Gasteiger charge is 2.13. The molecule has 0 N–H and O–H groups in total. The molecule has 1 saturated heterocycles. The zero-order chi connectivity index (χ0) is 4.57. The van der Waals surface area contributed by atoms with Crippen molar-refractivity contribution in [2.45, 2.75) is 0 Å². The van der Waals surface area contributed by atoms with Gasteiger partial charge in [-0.2, -0.15) is 0 Å². The Morgan fingerprint density at radius 3 is 2.33 bits per heavy atom. The van der Waals surface area contributed by atoms with Crippen LogP contribution in [0.4, 0.5) is 0 Å². The SMILES string of the molecule is S=[P]1PSS1=S. The maximum Gasteiger partial charge on any atom is 0.0250 e. The summed E-state index contributed by atoms with van der Waals surface area (Å²) in [6.07, 6.45) is 0. The maximum atomic E-state index is 4.95. The Kier molecular flexibility index (Phi) is 2.43. The van der Waals surface area contributed by atoms with Crippen LogP contribution in [0.5, 0.6) is 0 Å². The predicted octanol–water partition coefficient (Wildman–Crippen LogP) is 2.10. The van der Waals surface area contributed by atoms with Crippen molar-refractivity contribution in [1.82, 2.24) is 0 Å². The average Bonchev–Trinajstić information content (AvgIpc) is 1.61. The summed E-state index contributed by atoms with van der Waals surface area (Å²) in [7, 11) is 3.05. The molecule has 1 fully saturated rings. The lowest BCUT2D eigenvalue weighted by Gasteiger charge is -2.12. The Bertz CT molecular complexity index is 90.1. The summed E-state index contributed by atoms with van der Waals surface area (Å²) in [4.78, 5) is 0. The fourth-order valence-corrected chi connectivity index (χ4v) is 17.8. The molecule has 0 aromatic rings. The molecule has 0 aromatic heterocycles. The first kappa shape index (κ1) is 6.00. The van der Waals surface area contributed by atoms with Crippen LogP contribution in [0.2, 0.25) is 0 Å². The van der Waals surface area contributed by atoms with E-state index in [1.54, 1.807) is 0 Å². The van der Waals surface area contributed by atoms with E-state index in [9.17, 15) is 0 Å². The van der Waals surface area contributed by atoms with E-state index in [1.165, 1.54) is 0 Å². The zero-order valence-electron chi connectivity index (χ0n) is 2.58. The highest BCUT2D eigenvalue weighted by Crippen LogP contribution is 2.73. The van der Waals surface area contributed by atoms with Gasteiger partial charge in [-0.15, -0.1) is 0 Å². The van der Waals surface area contributed by atoms with Crippen LogP contribution in [0.15, 0.2) is 0 Å². The van der Waals surface area contributed by atoms with Crippen molar-refractivity contribution < 1.29 is 0 Å². The van der Waals surface area contributed by atoms with Gasteiger partial charge in [-0.25, -0.2) is 0 Å². The lowest BCUT2D eigenvalue weighted by molar-refractivity contribution is 5.04. The van der Waals surface area contributed by atoms with E-state index < -0.39 is 0 Å². The third kappa shape index (κ3) is 1.18. The Morgan fingerprint density at radius 2 is 2.33 bits per heavy atom. The fraction of sp³-hybridized carbons (Fsp3) is 0. The second-order valence-electron chi connectivity index (χ2n) is 0.649. The van der Waals surface area contributed by atoms with Gasteiger partial charge in [-0.3, -0.25) is 0 Å². The van der Waals surface area contributed by atoms with Crippen molar-refractivity contribution in [3.05, 3.63) is 0 Å². The molecule has 0 aromatic carbocycles. The van der Waals surface area contributed by atoms with Crippen molar-refractivity contribution in [1.29, 1.82) is 0 Å². The normalized spacial score (nSPS) is 42.7. The van der Waals surface area contributed by atoms with Crippen LogP contribution >= 0.6 is 23.5 Å². The Balaban J connectivity index is 2.61. The van der Waals surface area contributed by atoms with Crippen molar-refractivity contribution in [3.63, 3.8) is 0 Å². The van der Waals surface area contributed by atoms with Gasteiger partial charge in [0.25, 0.3) is 0 Å². The first-order valence-corrected chi connectivity index (χ1v) is 10.1. The van der Waals surface area contributed by atoms with Gasteiger partial charge >= 0.3 is 0 Å². The van der Waals surface area contributed by atoms with Crippen molar-refractivity contribution in [2.75, 3.05) is 0 Å². The van der Waals surface area contributed by atoms with Crippen molar-refractivity contribution >= 4 is 54.6 Å². The summed E-state index contributed by atoms with van der Waals surface area (Å²) in [6, 6.07) is 0. The van der Waals surface area contributed by atoms with Crippen LogP contribution in [0.1, 0.15) is 0 Å². The molecular weight excluding hydrogens is 190 g/mol. The van der Waals surface area contributed by atoms with Crippen molar-refractivity contribution in [2.24, 2.45) is 0 Å². The summed E-state index contributed by atoms with van der Waals surface area (Å²) < 4.78 is 0. The van der Waals surface area contributed by atoms with Gasteiger partial charge in [0.1, 0.15) is 0 Å². The molecule has 35 valence electrons. The Labute approximate surface area is 54.4 Å². The molecule has 1 rings (SSSR count). The van der Waals surface area contributed by atoms with E-state index in [2.05, 4.69) is 0 Å². The number of rotatable bonds is 0. The lowest BCUT2D eigenvalue weighted by Crippen LogP contribution is -1.66. The van der Waals surface area contributed by atoms with Gasteiger partial charge in [0, 0.05) is 21.2 Å². The van der Waals surface area contributed by atoms with Crippen LogP contribution in [-0.2, 0) is 31.1 Å². The lowest BCUT2D eigenvalue weighted by atomic mass is 29.3. The molecule has 0 saturated carbocycles. The van der Waals surface area contributed by atoms with Crippen LogP contribution in [0, 0.1) is 0 Å². The first-order valence-electron chi connectivity index (χ1n) is 1.13. The molecule has 0 spiro atoms. The average molecular weight is 191 g/mol. The number of hydrogen-bond donors (Lipinski definition) is 0. The zero-order valence-corrected chi connectivity index (χ0v) is 7.74. The molecular formula is HP2S4. The first-order chi connectivity index (χ1) is 2.80. The van der Waals surface area contributed by atoms with Crippen LogP contribution in [0.25, 0.3) is 0 Å². The topological polar surface area (TPSA) is 0 Å². The minimum atomic E-state index is -0.0622. The Hall–Kier alpha value is 1.87. The molecule has 1 radical (unpaired) electrons. The molecule has 1 aliphatic rings. The molecule has 0 amide bonds. The molecule has 6 heteroatoms. The predicted molar refractivity (Wildman–Crippen MR) is 44.9 cm³/mol. The van der Waals surface area contributed by atoms with Crippen LogP contribution < -0.4 is 0 Å². The quantitative estimate of drug-likeness (QED) is 0.425. The van der Waals surface area contributed by atoms with Gasteiger partial charge in [-0.1, -0.05) is 0 Å². The molecule has 6 heavy (non-hydrogen) atoms. The van der Waals surface area contributed by atoms with E-state index in [0.717, 1.165) is 7.47 Å². The maximum absolute atomic E-state index is 4.95. The van der Waals surface area contributed by atoms with Gasteiger partial charge in [-0.05, 0) is 33.4 Å². The number of hydrogen-bond acceptors (Lipinski definition) is 3. The third-order valence-corrected chi connectivity index (χ3v) is 25.8. The summed E-state index contributed by atoms with van der Waals surface area (Å²) in [5, 5.41) is 0. The van der Waals surface area contributed by atoms with Crippen LogP contribution in [0.3, 0.4) is 0 Å². The molecule has 0 bridgehead atoms. The third-order valence-electron chi connectivity index (χ3n) is 0.318. The molecule has 0 aliphatic carbocycles. The van der Waals surface area contributed by atoms with E-state index in [4.69, 9.17) is 23.0 Å². The minimum absolute atomic E-state index is 0.0622. The summed E-state index contributed by atoms with van der Waals surface area (Å²) in [5.74, 6) is 0. The highest BCUT2D eigenvalue weighted by molar-refractivity contribution is 9.37. The summed E-state index contributed by atoms with van der Waals surface area (Å²) in [5.41, 5.74) is -0.0622. The van der Waals surface area contributed by atoms with E-state index in [0.29, 0.717) is 0 Å². The van der Waals surface area contributed by atoms with E-state index in [-0.39, 0.29) is 13.7 Å². The summed E-state index contributed by atoms with van der Waals surface area (Å²) >= 11 is 9.87. The van der Waals surface area contributed by atoms with E-state index in [1.807, 2.05) is 10.4 Å². The van der Waals surface area contributed by atoms with Gasteiger partial charge in [0.15, 0.2) is 0 Å². The Morgan fingerprint density at radius 1 is 1.83 bits per heavy atom. The van der Waals surface area contributed by atoms with Gasteiger partial charge < -0.3 is 0 Å². The smallest absolute Gasteiger partial charge is 0.0250 e. The largest absolute Gasteiger partial charge is 0.0492 e. The van der Waals surface area contributed by atoms with Crippen molar-refractivity contribution in [3.8, 4) is 0 Å². The minimum Gasteiger partial charge on any atom is -0.0492 e. The highest BCUT2D eigenvalue weighted by atomic mass is 33.8. The molecule has 0 nitrogen and oxygen atoms in total. The van der Waals surface area contributed by atoms with Gasteiger partial charge in [0.2, 0.25) is 0 Å². The second kappa shape index (κ2) is 2.43. The second-order valence-corrected chi connectivity index (χ2v) is 17.5. The monoisotopic (exact) mass is 191 g/mol. The summed E-state index contributed by atoms with van der Waals surface area (Å²) in [6.45, 7) is 0. The molecule has 1 aliphatic heterocycles. The standard InChI is InChI=1S/HP2S4/c3-2-1-5-6(2)4/h1H. The molecule has 3 atom stereocenters.